The third-order valence-electron chi connectivity index (χ3n) is 3.95. The van der Waals surface area contributed by atoms with Gasteiger partial charge < -0.3 is 14.8 Å². The number of nitrogens with one attached hydrogen (secondary N) is 1. The van der Waals surface area contributed by atoms with Crippen LogP contribution < -0.4 is 10.1 Å². The van der Waals surface area contributed by atoms with Gasteiger partial charge in [0, 0.05) is 29.8 Å². The van der Waals surface area contributed by atoms with E-state index in [0.717, 1.165) is 62.0 Å². The summed E-state index contributed by atoms with van der Waals surface area (Å²) in [7, 11) is 0. The van der Waals surface area contributed by atoms with Gasteiger partial charge in [0.2, 0.25) is 0 Å². The molecule has 0 bridgehead atoms. The van der Waals surface area contributed by atoms with Gasteiger partial charge in [0.15, 0.2) is 0 Å². The second-order valence-electron chi connectivity index (χ2n) is 5.72. The van der Waals surface area contributed by atoms with Crippen molar-refractivity contribution in [3.05, 3.63) is 28.8 Å². The number of rotatable bonds is 7. The van der Waals surface area contributed by atoms with Crippen LogP contribution in [0.4, 0.5) is 0 Å². The van der Waals surface area contributed by atoms with E-state index >= 15 is 0 Å². The summed E-state index contributed by atoms with van der Waals surface area (Å²) in [5.74, 6) is 1.54. The average Bonchev–Trinajstić information content (AvgIpc) is 2.52. The highest BCUT2D eigenvalue weighted by Gasteiger charge is 2.17. The van der Waals surface area contributed by atoms with Crippen molar-refractivity contribution in [1.29, 1.82) is 0 Å². The maximum Gasteiger partial charge on any atom is 0.124 e. The predicted octanol–water partition coefficient (Wildman–Crippen LogP) is 4.21. The van der Waals surface area contributed by atoms with Crippen molar-refractivity contribution in [1.82, 2.24) is 5.32 Å². The van der Waals surface area contributed by atoms with Crippen LogP contribution in [0.25, 0.3) is 0 Å². The summed E-state index contributed by atoms with van der Waals surface area (Å²) < 4.78 is 11.5. The van der Waals surface area contributed by atoms with Gasteiger partial charge in [-0.15, -0.1) is 0 Å². The topological polar surface area (TPSA) is 30.5 Å². The first-order valence-corrected chi connectivity index (χ1v) is 8.32. The van der Waals surface area contributed by atoms with E-state index in [1.807, 2.05) is 18.2 Å². The van der Waals surface area contributed by atoms with Crippen LogP contribution in [0.5, 0.6) is 5.75 Å². The fourth-order valence-corrected chi connectivity index (χ4v) is 2.76. The summed E-state index contributed by atoms with van der Waals surface area (Å²) >= 11 is 6.14. The molecule has 1 aliphatic rings. The van der Waals surface area contributed by atoms with E-state index in [1.165, 1.54) is 0 Å². The van der Waals surface area contributed by atoms with Gasteiger partial charge in [0.25, 0.3) is 0 Å². The molecular weight excluding hydrogens is 286 g/mol. The minimum atomic E-state index is 0.244. The molecule has 1 unspecified atom stereocenters. The van der Waals surface area contributed by atoms with E-state index < -0.39 is 0 Å². The summed E-state index contributed by atoms with van der Waals surface area (Å²) in [4.78, 5) is 0. The zero-order valence-electron chi connectivity index (χ0n) is 13.0. The van der Waals surface area contributed by atoms with E-state index in [1.54, 1.807) is 0 Å². The monoisotopic (exact) mass is 311 g/mol. The Morgan fingerprint density at radius 3 is 2.86 bits per heavy atom. The Kier molecular flexibility index (Phi) is 6.81. The van der Waals surface area contributed by atoms with Crippen molar-refractivity contribution in [2.45, 2.75) is 39.2 Å². The smallest absolute Gasteiger partial charge is 0.124 e. The fourth-order valence-electron chi connectivity index (χ4n) is 2.58. The van der Waals surface area contributed by atoms with E-state index in [4.69, 9.17) is 21.1 Å². The first-order chi connectivity index (χ1) is 10.2. The first-order valence-electron chi connectivity index (χ1n) is 7.94. The maximum absolute atomic E-state index is 6.14. The Hall–Kier alpha value is -0.770. The molecule has 21 heavy (non-hydrogen) atoms. The molecule has 4 heteroatoms. The van der Waals surface area contributed by atoms with Crippen LogP contribution in [0.15, 0.2) is 18.2 Å². The molecule has 118 valence electrons. The van der Waals surface area contributed by atoms with Gasteiger partial charge in [-0.05, 0) is 56.8 Å². The molecule has 2 rings (SSSR count). The van der Waals surface area contributed by atoms with E-state index in [9.17, 15) is 0 Å². The van der Waals surface area contributed by atoms with Crippen LogP contribution in [-0.2, 0) is 4.74 Å². The summed E-state index contributed by atoms with van der Waals surface area (Å²) in [6.45, 7) is 7.79. The van der Waals surface area contributed by atoms with Gasteiger partial charge in [0.1, 0.15) is 5.75 Å². The van der Waals surface area contributed by atoms with Gasteiger partial charge in [-0.2, -0.15) is 0 Å². The van der Waals surface area contributed by atoms with Crippen molar-refractivity contribution in [2.75, 3.05) is 26.4 Å². The number of halogens is 1. The standard InChI is InChI=1S/C17H26ClNO2/c1-3-8-19-13(2)16-11-15(18)4-5-17(16)21-12-14-6-9-20-10-7-14/h4-5,11,13-14,19H,3,6-10,12H2,1-2H3. The highest BCUT2D eigenvalue weighted by Crippen LogP contribution is 2.29. The van der Waals surface area contributed by atoms with E-state index in [-0.39, 0.29) is 6.04 Å². The molecule has 1 fully saturated rings. The molecule has 1 N–H and O–H groups in total. The van der Waals surface area contributed by atoms with Crippen molar-refractivity contribution in [3.63, 3.8) is 0 Å². The number of benzene rings is 1. The normalized spacial score (nSPS) is 17.7. The zero-order valence-corrected chi connectivity index (χ0v) is 13.8. The van der Waals surface area contributed by atoms with Crippen molar-refractivity contribution >= 4 is 11.6 Å². The molecular formula is C17H26ClNO2. The SMILES string of the molecule is CCCNC(C)c1cc(Cl)ccc1OCC1CCOCC1. The van der Waals surface area contributed by atoms with Crippen molar-refractivity contribution < 1.29 is 9.47 Å². The lowest BCUT2D eigenvalue weighted by Crippen LogP contribution is -2.23. The van der Waals surface area contributed by atoms with Gasteiger partial charge >= 0.3 is 0 Å². The Balaban J connectivity index is 1.99. The summed E-state index contributed by atoms with van der Waals surface area (Å²) in [5, 5.41) is 4.25. The summed E-state index contributed by atoms with van der Waals surface area (Å²) in [6.07, 6.45) is 3.29. The lowest BCUT2D eigenvalue weighted by molar-refractivity contribution is 0.0495. The molecule has 1 saturated heterocycles. The van der Waals surface area contributed by atoms with Crippen LogP contribution >= 0.6 is 11.6 Å². The quantitative estimate of drug-likeness (QED) is 0.818. The third-order valence-corrected chi connectivity index (χ3v) is 4.19. The van der Waals surface area contributed by atoms with Crippen LogP contribution in [0, 0.1) is 5.92 Å². The molecule has 1 heterocycles. The van der Waals surface area contributed by atoms with E-state index in [2.05, 4.69) is 19.2 Å². The minimum Gasteiger partial charge on any atom is -0.493 e. The molecule has 1 aromatic carbocycles. The molecule has 0 aromatic heterocycles. The second-order valence-corrected chi connectivity index (χ2v) is 6.16. The molecule has 0 aliphatic carbocycles. The number of hydrogen-bond donors (Lipinski definition) is 1. The lowest BCUT2D eigenvalue weighted by Gasteiger charge is -2.24. The van der Waals surface area contributed by atoms with Crippen LogP contribution in [0.2, 0.25) is 5.02 Å². The first kappa shape index (κ1) is 16.6. The Bertz CT molecular complexity index is 433. The maximum atomic E-state index is 6.14. The lowest BCUT2D eigenvalue weighted by atomic mass is 10.0. The highest BCUT2D eigenvalue weighted by atomic mass is 35.5. The number of ether oxygens (including phenoxy) is 2. The minimum absolute atomic E-state index is 0.244. The van der Waals surface area contributed by atoms with Crippen LogP contribution in [-0.4, -0.2) is 26.4 Å². The predicted molar refractivity (Wildman–Crippen MR) is 87.2 cm³/mol. The zero-order chi connectivity index (χ0) is 15.1. The van der Waals surface area contributed by atoms with Crippen LogP contribution in [0.1, 0.15) is 44.7 Å². The van der Waals surface area contributed by atoms with Crippen molar-refractivity contribution in [3.8, 4) is 5.75 Å². The molecule has 1 aromatic rings. The summed E-state index contributed by atoms with van der Waals surface area (Å²) in [6, 6.07) is 6.14. The molecule has 0 radical (unpaired) electrons. The molecule has 0 spiro atoms. The second kappa shape index (κ2) is 8.62. The van der Waals surface area contributed by atoms with Crippen molar-refractivity contribution in [2.24, 2.45) is 5.92 Å². The molecule has 1 aliphatic heterocycles. The highest BCUT2D eigenvalue weighted by molar-refractivity contribution is 6.30. The fraction of sp³-hybridized carbons (Fsp3) is 0.647. The van der Waals surface area contributed by atoms with Gasteiger partial charge in [-0.3, -0.25) is 0 Å². The van der Waals surface area contributed by atoms with Gasteiger partial charge in [-0.25, -0.2) is 0 Å². The average molecular weight is 312 g/mol. The Morgan fingerprint density at radius 1 is 1.38 bits per heavy atom. The third kappa shape index (κ3) is 5.17. The van der Waals surface area contributed by atoms with Gasteiger partial charge in [0.05, 0.1) is 6.61 Å². The number of hydrogen-bond acceptors (Lipinski definition) is 3. The Labute approximate surface area is 133 Å². The van der Waals surface area contributed by atoms with Crippen LogP contribution in [0.3, 0.4) is 0 Å². The van der Waals surface area contributed by atoms with Gasteiger partial charge in [-0.1, -0.05) is 18.5 Å². The molecule has 0 amide bonds. The Morgan fingerprint density at radius 2 is 2.14 bits per heavy atom. The molecule has 3 nitrogen and oxygen atoms in total. The van der Waals surface area contributed by atoms with E-state index in [0.29, 0.717) is 5.92 Å². The molecule has 0 saturated carbocycles. The molecule has 1 atom stereocenters. The summed E-state index contributed by atoms with van der Waals surface area (Å²) in [5.41, 5.74) is 1.14. The largest absolute Gasteiger partial charge is 0.493 e.